The van der Waals surface area contributed by atoms with Crippen molar-refractivity contribution in [3.8, 4) is 0 Å². The number of nitrogens with one attached hydrogen (secondary N) is 1. The van der Waals surface area contributed by atoms with Crippen LogP contribution in [0.5, 0.6) is 0 Å². The molecular formula is C20H20N6. The van der Waals surface area contributed by atoms with Crippen LogP contribution in [0.2, 0.25) is 0 Å². The molecule has 0 saturated heterocycles. The summed E-state index contributed by atoms with van der Waals surface area (Å²) in [7, 11) is 0. The topological polar surface area (TPSA) is 60.0 Å². The quantitative estimate of drug-likeness (QED) is 0.618. The van der Waals surface area contributed by atoms with Crippen LogP contribution in [0.1, 0.15) is 35.3 Å². The van der Waals surface area contributed by atoms with Crippen LogP contribution >= 0.6 is 0 Å². The van der Waals surface area contributed by atoms with Gasteiger partial charge in [-0.25, -0.2) is 9.97 Å². The van der Waals surface area contributed by atoms with Gasteiger partial charge in [0.1, 0.15) is 0 Å². The van der Waals surface area contributed by atoms with Crippen LogP contribution in [0.15, 0.2) is 67.8 Å². The summed E-state index contributed by atoms with van der Waals surface area (Å²) in [6.07, 6.45) is 15.5. The number of aryl methyl sites for hydroxylation is 1. The zero-order chi connectivity index (χ0) is 17.3. The van der Waals surface area contributed by atoms with Crippen molar-refractivity contribution >= 4 is 5.65 Å². The Balaban J connectivity index is 1.47. The van der Waals surface area contributed by atoms with Crippen molar-refractivity contribution in [3.05, 3.63) is 84.6 Å². The van der Waals surface area contributed by atoms with Crippen LogP contribution in [0.25, 0.3) is 5.65 Å². The summed E-state index contributed by atoms with van der Waals surface area (Å²) in [6.45, 7) is 0.745. The Morgan fingerprint density at radius 3 is 2.92 bits per heavy atom. The van der Waals surface area contributed by atoms with Crippen LogP contribution in [-0.4, -0.2) is 23.9 Å². The first-order valence-corrected chi connectivity index (χ1v) is 8.95. The third-order valence-electron chi connectivity index (χ3n) is 5.29. The van der Waals surface area contributed by atoms with Gasteiger partial charge in [-0.1, -0.05) is 24.3 Å². The summed E-state index contributed by atoms with van der Waals surface area (Å²) >= 11 is 0. The molecule has 2 atom stereocenters. The van der Waals surface area contributed by atoms with Crippen LogP contribution in [0.4, 0.5) is 0 Å². The first kappa shape index (κ1) is 15.3. The predicted molar refractivity (Wildman–Crippen MR) is 98.6 cm³/mol. The summed E-state index contributed by atoms with van der Waals surface area (Å²) in [5, 5.41) is 3.78. The summed E-state index contributed by atoms with van der Waals surface area (Å²) in [4.78, 5) is 12.8. The Labute approximate surface area is 151 Å². The average molecular weight is 344 g/mol. The van der Waals surface area contributed by atoms with E-state index in [-0.39, 0.29) is 6.04 Å². The standard InChI is InChI=1S/C20H20N6/c1-2-4-17-15(3-1)5-6-18(25-9-7-22-14-25)20(17)24-12-16-11-23-19-13-21-8-10-26(16)19/h1-4,7-11,13-14,18,20,24H,5-6,12H2. The summed E-state index contributed by atoms with van der Waals surface area (Å²) < 4.78 is 4.31. The maximum absolute atomic E-state index is 4.44. The van der Waals surface area contributed by atoms with E-state index in [0.717, 1.165) is 30.7 Å². The van der Waals surface area contributed by atoms with Gasteiger partial charge in [0, 0.05) is 31.3 Å². The number of hydrogen-bond acceptors (Lipinski definition) is 4. The lowest BCUT2D eigenvalue weighted by Crippen LogP contribution is -2.33. The lowest BCUT2D eigenvalue weighted by molar-refractivity contribution is 0.314. The molecule has 0 spiro atoms. The van der Waals surface area contributed by atoms with Crippen LogP contribution in [0, 0.1) is 0 Å². The highest BCUT2D eigenvalue weighted by Crippen LogP contribution is 2.37. The van der Waals surface area contributed by atoms with Crippen LogP contribution in [-0.2, 0) is 13.0 Å². The van der Waals surface area contributed by atoms with Gasteiger partial charge in [0.05, 0.1) is 36.5 Å². The van der Waals surface area contributed by atoms with E-state index in [1.807, 2.05) is 24.9 Å². The van der Waals surface area contributed by atoms with Crippen molar-refractivity contribution in [1.82, 2.24) is 29.2 Å². The highest BCUT2D eigenvalue weighted by atomic mass is 15.1. The number of rotatable bonds is 4. The highest BCUT2D eigenvalue weighted by molar-refractivity contribution is 5.37. The minimum Gasteiger partial charge on any atom is -0.333 e. The molecule has 1 aromatic carbocycles. The second-order valence-corrected chi connectivity index (χ2v) is 6.73. The van der Waals surface area contributed by atoms with E-state index in [4.69, 9.17) is 0 Å². The minimum atomic E-state index is 0.238. The molecule has 0 fully saturated rings. The second kappa shape index (κ2) is 6.38. The first-order chi connectivity index (χ1) is 12.9. The van der Waals surface area contributed by atoms with E-state index in [0.29, 0.717) is 6.04 Å². The van der Waals surface area contributed by atoms with E-state index < -0.39 is 0 Å². The van der Waals surface area contributed by atoms with Gasteiger partial charge in [-0.05, 0) is 24.0 Å². The monoisotopic (exact) mass is 344 g/mol. The third-order valence-corrected chi connectivity index (χ3v) is 5.29. The van der Waals surface area contributed by atoms with Gasteiger partial charge in [0.2, 0.25) is 0 Å². The number of nitrogens with zero attached hydrogens (tertiary/aromatic N) is 5. The van der Waals surface area contributed by atoms with E-state index >= 15 is 0 Å². The number of hydrogen-bond donors (Lipinski definition) is 1. The van der Waals surface area contributed by atoms with Gasteiger partial charge in [-0.2, -0.15) is 0 Å². The molecule has 3 heterocycles. The molecule has 1 aliphatic rings. The zero-order valence-corrected chi connectivity index (χ0v) is 14.4. The molecule has 1 N–H and O–H groups in total. The smallest absolute Gasteiger partial charge is 0.155 e. The Hall–Kier alpha value is -2.99. The number of benzene rings is 1. The number of aromatic nitrogens is 5. The minimum absolute atomic E-state index is 0.238. The van der Waals surface area contributed by atoms with Crippen LogP contribution in [0.3, 0.4) is 0 Å². The van der Waals surface area contributed by atoms with E-state index in [9.17, 15) is 0 Å². The van der Waals surface area contributed by atoms with Crippen molar-refractivity contribution in [2.45, 2.75) is 31.5 Å². The van der Waals surface area contributed by atoms with E-state index in [1.165, 1.54) is 11.1 Å². The van der Waals surface area contributed by atoms with Gasteiger partial charge in [-0.15, -0.1) is 0 Å². The fourth-order valence-electron chi connectivity index (χ4n) is 4.02. The zero-order valence-electron chi connectivity index (χ0n) is 14.4. The van der Waals surface area contributed by atoms with Crippen molar-refractivity contribution in [3.63, 3.8) is 0 Å². The molecule has 0 saturated carbocycles. The Bertz CT molecular complexity index is 1020. The Morgan fingerprint density at radius 2 is 2.00 bits per heavy atom. The fourth-order valence-corrected chi connectivity index (χ4v) is 4.02. The fraction of sp³-hybridized carbons (Fsp3) is 0.250. The molecule has 2 unspecified atom stereocenters. The molecule has 1 aliphatic carbocycles. The maximum atomic E-state index is 4.44. The van der Waals surface area contributed by atoms with E-state index in [1.54, 1.807) is 12.4 Å². The molecule has 130 valence electrons. The molecule has 6 heteroatoms. The molecule has 0 aliphatic heterocycles. The van der Waals surface area contributed by atoms with Gasteiger partial charge in [0.25, 0.3) is 0 Å². The molecule has 0 radical (unpaired) electrons. The summed E-state index contributed by atoms with van der Waals surface area (Å²) in [6, 6.07) is 9.34. The molecule has 0 bridgehead atoms. The summed E-state index contributed by atoms with van der Waals surface area (Å²) in [5.41, 5.74) is 4.82. The van der Waals surface area contributed by atoms with Crippen LogP contribution < -0.4 is 5.32 Å². The largest absolute Gasteiger partial charge is 0.333 e. The number of imidazole rings is 2. The van der Waals surface area contributed by atoms with Crippen molar-refractivity contribution < 1.29 is 0 Å². The van der Waals surface area contributed by atoms with Crippen molar-refractivity contribution in [1.29, 1.82) is 0 Å². The molecule has 6 nitrogen and oxygen atoms in total. The average Bonchev–Trinajstić information content (AvgIpc) is 3.36. The lowest BCUT2D eigenvalue weighted by atomic mass is 9.84. The highest BCUT2D eigenvalue weighted by Gasteiger charge is 2.30. The van der Waals surface area contributed by atoms with Crippen molar-refractivity contribution in [2.75, 3.05) is 0 Å². The first-order valence-electron chi connectivity index (χ1n) is 8.95. The van der Waals surface area contributed by atoms with Crippen molar-refractivity contribution in [2.24, 2.45) is 0 Å². The normalized spacial score (nSPS) is 19.5. The Kier molecular flexibility index (Phi) is 3.75. The predicted octanol–water partition coefficient (Wildman–Crippen LogP) is 2.94. The van der Waals surface area contributed by atoms with Gasteiger partial charge in [0.15, 0.2) is 5.65 Å². The summed E-state index contributed by atoms with van der Waals surface area (Å²) in [5.74, 6) is 0. The molecule has 0 amide bonds. The maximum Gasteiger partial charge on any atom is 0.155 e. The molecule has 5 rings (SSSR count). The van der Waals surface area contributed by atoms with E-state index in [2.05, 4.69) is 59.7 Å². The SMILES string of the molecule is c1ccc2c(c1)CCC(n1ccnc1)C2NCc1cnc2cnccn12. The lowest BCUT2D eigenvalue weighted by Gasteiger charge is -2.35. The van der Waals surface area contributed by atoms with Gasteiger partial charge < -0.3 is 9.88 Å². The molecule has 3 aromatic heterocycles. The molecule has 26 heavy (non-hydrogen) atoms. The third kappa shape index (κ3) is 2.59. The number of fused-ring (bicyclic) bond motifs is 2. The van der Waals surface area contributed by atoms with Gasteiger partial charge >= 0.3 is 0 Å². The molecular weight excluding hydrogens is 324 g/mol. The second-order valence-electron chi connectivity index (χ2n) is 6.73. The molecule has 4 aromatic rings. The Morgan fingerprint density at radius 1 is 1.08 bits per heavy atom. The van der Waals surface area contributed by atoms with Gasteiger partial charge in [-0.3, -0.25) is 9.38 Å².